The van der Waals surface area contributed by atoms with Gasteiger partial charge in [-0.3, -0.25) is 9.59 Å². The van der Waals surface area contributed by atoms with Gasteiger partial charge in [0.1, 0.15) is 0 Å². The second-order valence-corrected chi connectivity index (χ2v) is 7.33. The van der Waals surface area contributed by atoms with Crippen LogP contribution in [-0.4, -0.2) is 42.3 Å². The fraction of sp³-hybridized carbons (Fsp3) is 0.619. The van der Waals surface area contributed by atoms with Crippen molar-refractivity contribution in [1.29, 1.82) is 0 Å². The van der Waals surface area contributed by atoms with Gasteiger partial charge in [-0.05, 0) is 68.8 Å². The maximum atomic E-state index is 12.7. The third-order valence-electron chi connectivity index (χ3n) is 5.52. The summed E-state index contributed by atoms with van der Waals surface area (Å²) in [6.45, 7) is 4.87. The highest BCUT2D eigenvalue weighted by molar-refractivity contribution is 5.98. The van der Waals surface area contributed by atoms with Gasteiger partial charge >= 0.3 is 0 Å². The summed E-state index contributed by atoms with van der Waals surface area (Å²) in [5.41, 5.74) is 3.48. The summed E-state index contributed by atoms with van der Waals surface area (Å²) in [6, 6.07) is 6.42. The topological polar surface area (TPSA) is 49.4 Å². The van der Waals surface area contributed by atoms with Crippen molar-refractivity contribution in [3.8, 4) is 0 Å². The van der Waals surface area contributed by atoms with Crippen molar-refractivity contribution in [2.75, 3.05) is 19.6 Å². The molecule has 1 fully saturated rings. The second kappa shape index (κ2) is 8.61. The first kappa shape index (κ1) is 18.1. The first-order valence-electron chi connectivity index (χ1n) is 9.84. The molecule has 1 aromatic carbocycles. The summed E-state index contributed by atoms with van der Waals surface area (Å²) in [6.07, 6.45) is 7.06. The lowest BCUT2D eigenvalue weighted by atomic mass is 10.00. The lowest BCUT2D eigenvalue weighted by Crippen LogP contribution is -2.46. The molecule has 1 N–H and O–H groups in total. The van der Waals surface area contributed by atoms with E-state index in [2.05, 4.69) is 18.3 Å². The van der Waals surface area contributed by atoms with Crippen LogP contribution in [0.4, 0.5) is 0 Å². The Morgan fingerprint density at radius 2 is 1.88 bits per heavy atom. The van der Waals surface area contributed by atoms with Crippen LogP contribution in [-0.2, 0) is 17.6 Å². The number of ketones is 1. The number of nitrogens with one attached hydrogen (secondary N) is 1. The van der Waals surface area contributed by atoms with E-state index in [1.807, 2.05) is 17.0 Å². The average Bonchev–Trinajstić information content (AvgIpc) is 3.12. The van der Waals surface area contributed by atoms with Crippen LogP contribution >= 0.6 is 0 Å². The Morgan fingerprint density at radius 3 is 2.64 bits per heavy atom. The van der Waals surface area contributed by atoms with Crippen LogP contribution in [0.15, 0.2) is 18.2 Å². The molecule has 1 aliphatic heterocycles. The van der Waals surface area contributed by atoms with E-state index in [4.69, 9.17) is 0 Å². The van der Waals surface area contributed by atoms with E-state index in [-0.39, 0.29) is 11.7 Å². The zero-order chi connectivity index (χ0) is 17.6. The smallest absolute Gasteiger partial charge is 0.223 e. The van der Waals surface area contributed by atoms with E-state index in [0.29, 0.717) is 18.9 Å². The minimum Gasteiger partial charge on any atom is -0.340 e. The number of carbonyl (C=O) groups is 2. The van der Waals surface area contributed by atoms with Crippen molar-refractivity contribution in [2.24, 2.45) is 0 Å². The van der Waals surface area contributed by atoms with Gasteiger partial charge in [-0.2, -0.15) is 0 Å². The predicted octanol–water partition coefficient (Wildman–Crippen LogP) is 3.13. The number of benzene rings is 1. The molecule has 0 unspecified atom stereocenters. The SMILES string of the molecule is CCCN(C(=O)CCC(=O)c1ccc2c(c1)CCC2)C1CCNCC1. The number of aryl methyl sites for hydroxylation is 2. The highest BCUT2D eigenvalue weighted by Gasteiger charge is 2.25. The summed E-state index contributed by atoms with van der Waals surface area (Å²) >= 11 is 0. The Hall–Kier alpha value is -1.68. The monoisotopic (exact) mass is 342 g/mol. The predicted molar refractivity (Wildman–Crippen MR) is 99.9 cm³/mol. The van der Waals surface area contributed by atoms with Crippen molar-refractivity contribution >= 4 is 11.7 Å². The molecule has 4 nitrogen and oxygen atoms in total. The molecule has 25 heavy (non-hydrogen) atoms. The van der Waals surface area contributed by atoms with Crippen LogP contribution in [0.25, 0.3) is 0 Å². The van der Waals surface area contributed by atoms with Crippen molar-refractivity contribution in [3.63, 3.8) is 0 Å². The van der Waals surface area contributed by atoms with Gasteiger partial charge in [-0.1, -0.05) is 19.1 Å². The van der Waals surface area contributed by atoms with E-state index in [1.54, 1.807) is 0 Å². The number of Topliss-reactive ketones (excluding diaryl/α,β-unsaturated/α-hetero) is 1. The van der Waals surface area contributed by atoms with E-state index in [0.717, 1.165) is 57.3 Å². The Morgan fingerprint density at radius 1 is 1.12 bits per heavy atom. The van der Waals surface area contributed by atoms with Crippen LogP contribution in [0.1, 0.15) is 66.9 Å². The quantitative estimate of drug-likeness (QED) is 0.775. The van der Waals surface area contributed by atoms with Crippen LogP contribution in [0.2, 0.25) is 0 Å². The fourth-order valence-electron chi connectivity index (χ4n) is 4.12. The molecular formula is C21H30N2O2. The zero-order valence-corrected chi connectivity index (χ0v) is 15.4. The molecule has 1 aliphatic carbocycles. The summed E-state index contributed by atoms with van der Waals surface area (Å²) in [5.74, 6) is 0.244. The third kappa shape index (κ3) is 4.49. The minimum atomic E-state index is 0.102. The Bertz CT molecular complexity index is 620. The number of hydrogen-bond acceptors (Lipinski definition) is 3. The van der Waals surface area contributed by atoms with Gasteiger partial charge in [0.05, 0.1) is 0 Å². The van der Waals surface area contributed by atoms with Crippen LogP contribution in [0, 0.1) is 0 Å². The van der Waals surface area contributed by atoms with Crippen molar-refractivity contribution < 1.29 is 9.59 Å². The summed E-state index contributed by atoms with van der Waals surface area (Å²) in [5, 5.41) is 3.35. The zero-order valence-electron chi connectivity index (χ0n) is 15.4. The molecule has 0 atom stereocenters. The molecule has 136 valence electrons. The van der Waals surface area contributed by atoms with Gasteiger partial charge in [-0.15, -0.1) is 0 Å². The Balaban J connectivity index is 1.57. The molecule has 0 bridgehead atoms. The van der Waals surface area contributed by atoms with Gasteiger partial charge in [0.25, 0.3) is 0 Å². The Labute approximate surface area is 151 Å². The van der Waals surface area contributed by atoms with Gasteiger partial charge in [-0.25, -0.2) is 0 Å². The number of fused-ring (bicyclic) bond motifs is 1. The summed E-state index contributed by atoms with van der Waals surface area (Å²) in [4.78, 5) is 27.3. The molecule has 1 amide bonds. The highest BCUT2D eigenvalue weighted by atomic mass is 16.2. The molecule has 0 aromatic heterocycles. The summed E-state index contributed by atoms with van der Waals surface area (Å²) < 4.78 is 0. The average molecular weight is 342 g/mol. The van der Waals surface area contributed by atoms with Gasteiger partial charge in [0, 0.05) is 31.0 Å². The second-order valence-electron chi connectivity index (χ2n) is 7.33. The maximum absolute atomic E-state index is 12.7. The number of hydrogen-bond donors (Lipinski definition) is 1. The largest absolute Gasteiger partial charge is 0.340 e. The van der Waals surface area contributed by atoms with Crippen LogP contribution < -0.4 is 5.32 Å². The molecule has 3 rings (SSSR count). The van der Waals surface area contributed by atoms with E-state index >= 15 is 0 Å². The number of nitrogens with zero attached hydrogens (tertiary/aromatic N) is 1. The Kier molecular flexibility index (Phi) is 6.24. The molecule has 0 saturated carbocycles. The maximum Gasteiger partial charge on any atom is 0.223 e. The van der Waals surface area contributed by atoms with Crippen molar-refractivity contribution in [3.05, 3.63) is 34.9 Å². The molecule has 1 saturated heterocycles. The fourth-order valence-corrected chi connectivity index (χ4v) is 4.12. The normalized spacial score (nSPS) is 17.3. The molecule has 2 aliphatic rings. The van der Waals surface area contributed by atoms with E-state index in [1.165, 1.54) is 17.5 Å². The van der Waals surface area contributed by atoms with Crippen LogP contribution in [0.5, 0.6) is 0 Å². The standard InChI is InChI=1S/C21H30N2O2/c1-2-14-23(19-10-12-22-13-11-19)21(25)9-8-20(24)18-7-6-16-4-3-5-17(16)15-18/h6-7,15,19,22H,2-5,8-14H2,1H3. The van der Waals surface area contributed by atoms with Crippen molar-refractivity contribution in [1.82, 2.24) is 10.2 Å². The number of amides is 1. The van der Waals surface area contributed by atoms with Gasteiger partial charge in [0.15, 0.2) is 5.78 Å². The molecule has 4 heteroatoms. The highest BCUT2D eigenvalue weighted by Crippen LogP contribution is 2.23. The van der Waals surface area contributed by atoms with Gasteiger partial charge < -0.3 is 10.2 Å². The molecule has 1 aromatic rings. The number of piperidine rings is 1. The third-order valence-corrected chi connectivity index (χ3v) is 5.52. The molecule has 1 heterocycles. The first-order chi connectivity index (χ1) is 12.2. The minimum absolute atomic E-state index is 0.102. The van der Waals surface area contributed by atoms with E-state index in [9.17, 15) is 9.59 Å². The lowest BCUT2D eigenvalue weighted by molar-refractivity contribution is -0.134. The van der Waals surface area contributed by atoms with Gasteiger partial charge in [0.2, 0.25) is 5.91 Å². The van der Waals surface area contributed by atoms with Crippen LogP contribution in [0.3, 0.4) is 0 Å². The lowest BCUT2D eigenvalue weighted by Gasteiger charge is -2.34. The first-order valence-corrected chi connectivity index (χ1v) is 9.84. The molecule has 0 spiro atoms. The number of rotatable bonds is 7. The van der Waals surface area contributed by atoms with E-state index < -0.39 is 0 Å². The van der Waals surface area contributed by atoms with Crippen molar-refractivity contribution in [2.45, 2.75) is 64.3 Å². The molecule has 0 radical (unpaired) electrons. The number of carbonyl (C=O) groups excluding carboxylic acids is 2. The summed E-state index contributed by atoms with van der Waals surface area (Å²) in [7, 11) is 0. The molecular weight excluding hydrogens is 312 g/mol.